The molecule has 0 aliphatic heterocycles. The molecule has 1 aromatic heterocycles. The lowest BCUT2D eigenvalue weighted by Gasteiger charge is -2.21. The van der Waals surface area contributed by atoms with Crippen LogP contribution in [-0.4, -0.2) is 32.6 Å². The molecule has 0 bridgehead atoms. The second kappa shape index (κ2) is 11.6. The maximum atomic E-state index is 13.6. The third-order valence-electron chi connectivity index (χ3n) is 6.46. The van der Waals surface area contributed by atoms with E-state index in [4.69, 9.17) is 15.0 Å². The molecule has 9 nitrogen and oxygen atoms in total. The smallest absolute Gasteiger partial charge is 0.320 e. The normalized spacial score (nSPS) is 12.5. The zero-order valence-electron chi connectivity index (χ0n) is 22.5. The third-order valence-corrected chi connectivity index (χ3v) is 6.46. The van der Waals surface area contributed by atoms with Gasteiger partial charge >= 0.3 is 6.47 Å². The van der Waals surface area contributed by atoms with Crippen molar-refractivity contribution in [2.45, 2.75) is 26.8 Å². The van der Waals surface area contributed by atoms with Gasteiger partial charge in [0.15, 0.2) is 11.3 Å². The zero-order chi connectivity index (χ0) is 28.1. The topological polar surface area (TPSA) is 131 Å². The Morgan fingerprint density at radius 1 is 1.10 bits per heavy atom. The van der Waals surface area contributed by atoms with Gasteiger partial charge in [-0.05, 0) is 62.7 Å². The largest absolute Gasteiger partial charge is 0.455 e. The van der Waals surface area contributed by atoms with Gasteiger partial charge < -0.3 is 20.3 Å². The van der Waals surface area contributed by atoms with Gasteiger partial charge in [0.05, 0.1) is 11.4 Å². The molecule has 0 aliphatic rings. The molecule has 1 unspecified atom stereocenters. The predicted molar refractivity (Wildman–Crippen MR) is 157 cm³/mol. The molecule has 3 aromatic carbocycles. The fraction of sp³-hybridized carbons (Fsp3) is 0.200. The second-order valence-electron chi connectivity index (χ2n) is 9.15. The average Bonchev–Trinajstić information content (AvgIpc) is 2.93. The van der Waals surface area contributed by atoms with Crippen LogP contribution in [0.5, 0.6) is 0 Å². The summed E-state index contributed by atoms with van der Waals surface area (Å²) in [5.41, 5.74) is 14.8. The Kier molecular flexibility index (Phi) is 8.10. The summed E-state index contributed by atoms with van der Waals surface area (Å²) in [6.07, 6.45) is 1.68. The molecule has 0 fully saturated rings. The maximum Gasteiger partial charge on any atom is 0.320 e. The fourth-order valence-electron chi connectivity index (χ4n) is 4.56. The van der Waals surface area contributed by atoms with E-state index in [0.29, 0.717) is 45.9 Å². The maximum absolute atomic E-state index is 13.6. The van der Waals surface area contributed by atoms with Gasteiger partial charge in [0.2, 0.25) is 0 Å². The van der Waals surface area contributed by atoms with E-state index >= 15 is 0 Å². The van der Waals surface area contributed by atoms with Crippen molar-refractivity contribution in [2.24, 2.45) is 9.98 Å². The highest BCUT2D eigenvalue weighted by molar-refractivity contribution is 6.03. The number of para-hydroxylation sites is 1. The van der Waals surface area contributed by atoms with Crippen LogP contribution in [0.25, 0.3) is 22.3 Å². The summed E-state index contributed by atoms with van der Waals surface area (Å²) >= 11 is 0. The number of rotatable bonds is 8. The molecule has 39 heavy (non-hydrogen) atoms. The highest BCUT2D eigenvalue weighted by Gasteiger charge is 2.20. The monoisotopic (exact) mass is 525 g/mol. The van der Waals surface area contributed by atoms with Crippen LogP contribution in [0, 0.1) is 13.8 Å². The van der Waals surface area contributed by atoms with Gasteiger partial charge in [-0.15, -0.1) is 0 Å². The first-order valence-electron chi connectivity index (χ1n) is 12.4. The lowest BCUT2D eigenvalue weighted by molar-refractivity contribution is -0.132. The van der Waals surface area contributed by atoms with Gasteiger partial charge in [-0.1, -0.05) is 18.2 Å². The molecular weight excluding hydrogens is 494 g/mol. The summed E-state index contributed by atoms with van der Waals surface area (Å²) in [5.74, 6) is 0.859. The second-order valence-corrected chi connectivity index (χ2v) is 9.15. The van der Waals surface area contributed by atoms with Crippen molar-refractivity contribution in [1.82, 2.24) is 5.48 Å². The van der Waals surface area contributed by atoms with Gasteiger partial charge in [-0.3, -0.25) is 19.6 Å². The Morgan fingerprint density at radius 3 is 2.59 bits per heavy atom. The molecule has 4 rings (SSSR count). The molecule has 0 saturated heterocycles. The Hall–Kier alpha value is -4.92. The quantitative estimate of drug-likeness (QED) is 0.0977. The van der Waals surface area contributed by atoms with E-state index in [-0.39, 0.29) is 11.5 Å². The number of benzene rings is 3. The highest BCUT2D eigenvalue weighted by Crippen LogP contribution is 2.33. The molecule has 0 spiro atoms. The summed E-state index contributed by atoms with van der Waals surface area (Å²) in [7, 11) is 3.27. The van der Waals surface area contributed by atoms with Crippen LogP contribution in [0.3, 0.4) is 0 Å². The molecule has 1 atom stereocenters. The van der Waals surface area contributed by atoms with Crippen molar-refractivity contribution in [1.29, 1.82) is 0 Å². The number of nitrogen functional groups attached to an aromatic ring is 1. The van der Waals surface area contributed by atoms with Gasteiger partial charge in [-0.25, -0.2) is 5.48 Å². The van der Waals surface area contributed by atoms with Crippen molar-refractivity contribution in [3.05, 3.63) is 92.6 Å². The van der Waals surface area contributed by atoms with Gasteiger partial charge in [-0.2, -0.15) is 0 Å². The van der Waals surface area contributed by atoms with Crippen molar-refractivity contribution in [2.75, 3.05) is 25.1 Å². The van der Waals surface area contributed by atoms with E-state index in [9.17, 15) is 9.59 Å². The Morgan fingerprint density at radius 2 is 1.87 bits per heavy atom. The van der Waals surface area contributed by atoms with Crippen LogP contribution in [0.4, 0.5) is 11.4 Å². The first-order chi connectivity index (χ1) is 18.8. The number of carbonyl (C=O) groups is 1. The Bertz CT molecular complexity index is 1660. The summed E-state index contributed by atoms with van der Waals surface area (Å²) in [6.45, 7) is 6.00. The van der Waals surface area contributed by atoms with Crippen LogP contribution >= 0.6 is 0 Å². The number of amidine groups is 1. The van der Waals surface area contributed by atoms with E-state index in [1.165, 1.54) is 0 Å². The van der Waals surface area contributed by atoms with Crippen LogP contribution in [-0.2, 0) is 9.63 Å². The van der Waals surface area contributed by atoms with Gasteiger partial charge in [0, 0.05) is 59.5 Å². The van der Waals surface area contributed by atoms with E-state index in [2.05, 4.69) is 20.8 Å². The van der Waals surface area contributed by atoms with Crippen molar-refractivity contribution < 1.29 is 14.0 Å². The number of nitrogens with one attached hydrogen (secondary N) is 2. The SMILES string of the molecule is CN=Cc1cc(-c2oc3c(C(C)Nc4ccccc4C(=NC)NOC=O)cc(C)cc3c(=O)c2C)ccc1N. The molecule has 0 radical (unpaired) electrons. The molecular formula is C30H31N5O4. The van der Waals surface area contributed by atoms with E-state index in [1.807, 2.05) is 62.4 Å². The number of anilines is 2. The number of aliphatic imine (C=N–C) groups is 2. The Balaban J connectivity index is 1.84. The molecule has 1 heterocycles. The number of hydrogen-bond donors (Lipinski definition) is 3. The molecule has 0 saturated carbocycles. The average molecular weight is 526 g/mol. The highest BCUT2D eigenvalue weighted by atomic mass is 16.7. The minimum absolute atomic E-state index is 0.0954. The first kappa shape index (κ1) is 27.1. The third kappa shape index (κ3) is 5.52. The van der Waals surface area contributed by atoms with Crippen LogP contribution in [0.15, 0.2) is 73.8 Å². The number of hydrogen-bond acceptors (Lipinski definition) is 8. The number of nitrogens with zero attached hydrogens (tertiary/aromatic N) is 2. The lowest BCUT2D eigenvalue weighted by Crippen LogP contribution is -2.25. The number of fused-ring (bicyclic) bond motifs is 1. The van der Waals surface area contributed by atoms with Gasteiger partial charge in [0.25, 0.3) is 0 Å². The summed E-state index contributed by atoms with van der Waals surface area (Å²) < 4.78 is 6.51. The minimum Gasteiger partial charge on any atom is -0.455 e. The number of hydroxylamine groups is 1. The summed E-state index contributed by atoms with van der Waals surface area (Å²) in [5, 5.41) is 4.01. The fourth-order valence-corrected chi connectivity index (χ4v) is 4.56. The Labute approximate surface area is 226 Å². The van der Waals surface area contributed by atoms with Crippen LogP contribution in [0.1, 0.15) is 40.8 Å². The predicted octanol–water partition coefficient (Wildman–Crippen LogP) is 4.93. The molecule has 4 N–H and O–H groups in total. The van der Waals surface area contributed by atoms with Crippen molar-refractivity contribution in [3.63, 3.8) is 0 Å². The summed E-state index contributed by atoms with van der Waals surface area (Å²) in [6, 6.07) is 16.6. The molecule has 9 heteroatoms. The minimum atomic E-state index is -0.272. The standard InChI is InChI=1S/C30H31N5O4/c1-17-12-23(19(3)34-26-9-7-6-8-22(26)30(33-5)35-38-16-36)29-24(13-17)27(37)18(2)28(39-29)20-10-11-25(31)21(14-20)15-32-4/h6-16,19,34H,31H2,1-5H3,(H,33,35). The van der Waals surface area contributed by atoms with Crippen LogP contribution < -0.4 is 22.0 Å². The number of carbonyl (C=O) groups excluding carboxylic acids is 1. The molecule has 0 amide bonds. The number of nitrogens with two attached hydrogens (primary N) is 1. The summed E-state index contributed by atoms with van der Waals surface area (Å²) in [4.78, 5) is 37.3. The van der Waals surface area contributed by atoms with Crippen molar-refractivity contribution in [3.8, 4) is 11.3 Å². The lowest BCUT2D eigenvalue weighted by atomic mass is 9.98. The first-order valence-corrected chi connectivity index (χ1v) is 12.4. The van der Waals surface area contributed by atoms with Crippen molar-refractivity contribution >= 4 is 40.9 Å². The van der Waals surface area contributed by atoms with E-state index in [1.54, 1.807) is 33.3 Å². The number of aryl methyl sites for hydroxylation is 1. The van der Waals surface area contributed by atoms with E-state index < -0.39 is 0 Å². The molecule has 0 aliphatic carbocycles. The van der Waals surface area contributed by atoms with Crippen LogP contribution in [0.2, 0.25) is 0 Å². The zero-order valence-corrected chi connectivity index (χ0v) is 22.5. The molecule has 4 aromatic rings. The van der Waals surface area contributed by atoms with Gasteiger partial charge in [0.1, 0.15) is 11.3 Å². The molecule has 200 valence electrons. The van der Waals surface area contributed by atoms with E-state index in [0.717, 1.165) is 27.9 Å².